The van der Waals surface area contributed by atoms with E-state index in [9.17, 15) is 4.79 Å². The Hall–Kier alpha value is -1.14. The maximum Gasteiger partial charge on any atom is 0.230 e. The Bertz CT molecular complexity index is 550. The summed E-state index contributed by atoms with van der Waals surface area (Å²) in [6.45, 7) is 5.93. The van der Waals surface area contributed by atoms with E-state index in [4.69, 9.17) is 22.1 Å². The van der Waals surface area contributed by atoms with Gasteiger partial charge in [-0.05, 0) is 30.5 Å². The minimum atomic E-state index is -0.406. The van der Waals surface area contributed by atoms with Crippen molar-refractivity contribution in [3.05, 3.63) is 34.9 Å². The van der Waals surface area contributed by atoms with E-state index in [0.717, 1.165) is 50.6 Å². The summed E-state index contributed by atoms with van der Waals surface area (Å²) in [6, 6.07) is 7.97. The lowest BCUT2D eigenvalue weighted by molar-refractivity contribution is -0.149. The summed E-state index contributed by atoms with van der Waals surface area (Å²) >= 11 is 5.93. The first-order chi connectivity index (χ1) is 11.6. The Morgan fingerprint density at radius 1 is 1.12 bits per heavy atom. The monoisotopic (exact) mass is 351 g/mol. The molecule has 1 aromatic carbocycles. The van der Waals surface area contributed by atoms with E-state index in [-0.39, 0.29) is 5.91 Å². The van der Waals surface area contributed by atoms with Crippen molar-refractivity contribution in [1.82, 2.24) is 9.80 Å². The molecule has 1 amide bonds. The molecule has 0 unspecified atom stereocenters. The van der Waals surface area contributed by atoms with Gasteiger partial charge in [-0.15, -0.1) is 0 Å². The summed E-state index contributed by atoms with van der Waals surface area (Å²) in [5.74, 6) is 0.222. The van der Waals surface area contributed by atoms with Crippen LogP contribution in [0.4, 0.5) is 0 Å². The Morgan fingerprint density at radius 3 is 2.33 bits per heavy atom. The van der Waals surface area contributed by atoms with Crippen molar-refractivity contribution in [1.29, 1.82) is 0 Å². The van der Waals surface area contributed by atoms with Crippen LogP contribution < -0.4 is 5.73 Å². The Balaban J connectivity index is 1.54. The fraction of sp³-hybridized carbons (Fsp3) is 0.611. The van der Waals surface area contributed by atoms with Gasteiger partial charge in [0.2, 0.25) is 5.91 Å². The van der Waals surface area contributed by atoms with Crippen molar-refractivity contribution in [2.75, 3.05) is 45.9 Å². The molecule has 1 aromatic rings. The van der Waals surface area contributed by atoms with Crippen molar-refractivity contribution in [3.8, 4) is 0 Å². The minimum Gasteiger partial charge on any atom is -0.381 e. The molecule has 2 aliphatic heterocycles. The fourth-order valence-electron chi connectivity index (χ4n) is 3.56. The third kappa shape index (κ3) is 3.91. The number of carbonyl (C=O) groups is 1. The first-order valence-corrected chi connectivity index (χ1v) is 9.05. The van der Waals surface area contributed by atoms with Gasteiger partial charge in [0.05, 0.1) is 5.41 Å². The van der Waals surface area contributed by atoms with E-state index in [2.05, 4.69) is 17.0 Å². The standard InChI is InChI=1S/C18H26ClN3O2/c19-16-3-1-15(2-4-16)13-21-7-9-22(10-8-21)17(23)18(14-20)5-11-24-12-6-18/h1-4H,5-14,20H2. The zero-order valence-electron chi connectivity index (χ0n) is 14.0. The van der Waals surface area contributed by atoms with Gasteiger partial charge in [-0.2, -0.15) is 0 Å². The largest absolute Gasteiger partial charge is 0.381 e. The number of halogens is 1. The van der Waals surface area contributed by atoms with E-state index < -0.39 is 5.41 Å². The van der Waals surface area contributed by atoms with Crippen molar-refractivity contribution < 1.29 is 9.53 Å². The van der Waals surface area contributed by atoms with Crippen molar-refractivity contribution in [2.24, 2.45) is 11.1 Å². The molecule has 132 valence electrons. The van der Waals surface area contributed by atoms with E-state index in [1.165, 1.54) is 5.56 Å². The number of nitrogens with zero attached hydrogens (tertiary/aromatic N) is 2. The predicted octanol–water partition coefficient (Wildman–Crippen LogP) is 1.74. The molecule has 24 heavy (non-hydrogen) atoms. The van der Waals surface area contributed by atoms with E-state index in [1.807, 2.05) is 17.0 Å². The molecule has 2 aliphatic rings. The third-order valence-electron chi connectivity index (χ3n) is 5.27. The average molecular weight is 352 g/mol. The molecule has 0 bridgehead atoms. The number of amides is 1. The van der Waals surface area contributed by atoms with Crippen LogP contribution in [0.1, 0.15) is 18.4 Å². The van der Waals surface area contributed by atoms with E-state index in [0.29, 0.717) is 19.8 Å². The van der Waals surface area contributed by atoms with Crippen LogP contribution in [-0.4, -0.2) is 61.6 Å². The summed E-state index contributed by atoms with van der Waals surface area (Å²) in [7, 11) is 0. The predicted molar refractivity (Wildman–Crippen MR) is 94.8 cm³/mol. The Morgan fingerprint density at radius 2 is 1.75 bits per heavy atom. The number of nitrogens with two attached hydrogens (primary N) is 1. The maximum absolute atomic E-state index is 13.0. The van der Waals surface area contributed by atoms with Crippen molar-refractivity contribution in [3.63, 3.8) is 0 Å². The molecule has 0 aromatic heterocycles. The van der Waals surface area contributed by atoms with Crippen LogP contribution in [-0.2, 0) is 16.1 Å². The normalized spacial score (nSPS) is 21.7. The number of carbonyl (C=O) groups excluding carboxylic acids is 1. The molecule has 2 saturated heterocycles. The van der Waals surface area contributed by atoms with Crippen LogP contribution in [0.15, 0.2) is 24.3 Å². The minimum absolute atomic E-state index is 0.222. The molecule has 0 spiro atoms. The van der Waals surface area contributed by atoms with Gasteiger partial charge < -0.3 is 15.4 Å². The van der Waals surface area contributed by atoms with E-state index >= 15 is 0 Å². The summed E-state index contributed by atoms with van der Waals surface area (Å²) < 4.78 is 5.41. The van der Waals surface area contributed by atoms with Crippen LogP contribution >= 0.6 is 11.6 Å². The van der Waals surface area contributed by atoms with E-state index in [1.54, 1.807) is 0 Å². The first-order valence-electron chi connectivity index (χ1n) is 8.67. The van der Waals surface area contributed by atoms with Crippen LogP contribution in [0.2, 0.25) is 5.02 Å². The van der Waals surface area contributed by atoms with Gasteiger partial charge in [-0.3, -0.25) is 9.69 Å². The number of hydrogen-bond donors (Lipinski definition) is 1. The molecule has 2 fully saturated rings. The summed E-state index contributed by atoms with van der Waals surface area (Å²) in [5, 5.41) is 0.762. The zero-order chi connectivity index (χ0) is 17.0. The van der Waals surface area contributed by atoms with Gasteiger partial charge >= 0.3 is 0 Å². The smallest absolute Gasteiger partial charge is 0.230 e. The van der Waals surface area contributed by atoms with Gasteiger partial charge in [0.1, 0.15) is 0 Å². The summed E-state index contributed by atoms with van der Waals surface area (Å²) in [6.07, 6.45) is 1.49. The number of rotatable bonds is 4. The highest BCUT2D eigenvalue weighted by Gasteiger charge is 2.41. The molecular weight excluding hydrogens is 326 g/mol. The van der Waals surface area contributed by atoms with Crippen molar-refractivity contribution in [2.45, 2.75) is 19.4 Å². The Kier molecular flexibility index (Phi) is 5.76. The number of benzene rings is 1. The van der Waals surface area contributed by atoms with Gasteiger partial charge in [-0.1, -0.05) is 23.7 Å². The number of hydrogen-bond acceptors (Lipinski definition) is 4. The molecule has 5 nitrogen and oxygen atoms in total. The van der Waals surface area contributed by atoms with Crippen LogP contribution in [0.3, 0.4) is 0 Å². The maximum atomic E-state index is 13.0. The second-order valence-electron chi connectivity index (χ2n) is 6.79. The van der Waals surface area contributed by atoms with Gasteiger partial charge in [0.15, 0.2) is 0 Å². The topological polar surface area (TPSA) is 58.8 Å². The van der Waals surface area contributed by atoms with Crippen LogP contribution in [0.25, 0.3) is 0 Å². The quantitative estimate of drug-likeness (QED) is 0.897. The highest BCUT2D eigenvalue weighted by atomic mass is 35.5. The molecule has 0 radical (unpaired) electrons. The number of ether oxygens (including phenoxy) is 1. The molecular formula is C18H26ClN3O2. The summed E-state index contributed by atoms with van der Waals surface area (Å²) in [5.41, 5.74) is 6.81. The molecule has 3 rings (SSSR count). The first kappa shape index (κ1) is 17.7. The average Bonchev–Trinajstić information content (AvgIpc) is 2.64. The lowest BCUT2D eigenvalue weighted by Gasteiger charge is -2.42. The van der Waals surface area contributed by atoms with Gasteiger partial charge in [-0.25, -0.2) is 0 Å². The lowest BCUT2D eigenvalue weighted by atomic mass is 9.78. The second kappa shape index (κ2) is 7.83. The molecule has 0 atom stereocenters. The Labute approximate surface area is 148 Å². The molecule has 6 heteroatoms. The fourth-order valence-corrected chi connectivity index (χ4v) is 3.69. The molecule has 2 heterocycles. The lowest BCUT2D eigenvalue weighted by Crippen LogP contribution is -2.56. The van der Waals surface area contributed by atoms with Crippen LogP contribution in [0, 0.1) is 5.41 Å². The zero-order valence-corrected chi connectivity index (χ0v) is 14.8. The van der Waals surface area contributed by atoms with Gasteiger partial charge in [0.25, 0.3) is 0 Å². The van der Waals surface area contributed by atoms with Gasteiger partial charge in [0, 0.05) is 57.5 Å². The third-order valence-corrected chi connectivity index (χ3v) is 5.53. The molecule has 0 aliphatic carbocycles. The van der Waals surface area contributed by atoms with Crippen molar-refractivity contribution >= 4 is 17.5 Å². The summed E-state index contributed by atoms with van der Waals surface area (Å²) in [4.78, 5) is 17.3. The number of piperazine rings is 1. The molecule has 2 N–H and O–H groups in total. The molecule has 0 saturated carbocycles. The SMILES string of the molecule is NCC1(C(=O)N2CCN(Cc3ccc(Cl)cc3)CC2)CCOCC1. The second-order valence-corrected chi connectivity index (χ2v) is 7.23. The van der Waals surface area contributed by atoms with Crippen LogP contribution in [0.5, 0.6) is 0 Å². The highest BCUT2D eigenvalue weighted by Crippen LogP contribution is 2.32. The highest BCUT2D eigenvalue weighted by molar-refractivity contribution is 6.30.